The van der Waals surface area contributed by atoms with E-state index in [1.54, 1.807) is 25.5 Å². The molecule has 1 aromatic carbocycles. The van der Waals surface area contributed by atoms with E-state index in [1.165, 1.54) is 21.1 Å². The number of methoxy groups -OCH3 is 1. The summed E-state index contributed by atoms with van der Waals surface area (Å²) in [5.74, 6) is -0.511. The fourth-order valence-electron chi connectivity index (χ4n) is 2.33. The van der Waals surface area contributed by atoms with Gasteiger partial charge in [-0.05, 0) is 25.0 Å². The van der Waals surface area contributed by atoms with Gasteiger partial charge in [0.15, 0.2) is 5.69 Å². The zero-order chi connectivity index (χ0) is 20.4. The number of aromatic nitrogens is 1. The quantitative estimate of drug-likeness (QED) is 0.407. The molecule has 0 spiro atoms. The van der Waals surface area contributed by atoms with Crippen LogP contribution >= 0.6 is 11.3 Å². The van der Waals surface area contributed by atoms with E-state index in [9.17, 15) is 13.2 Å². The third-order valence-electron chi connectivity index (χ3n) is 3.70. The van der Waals surface area contributed by atoms with Gasteiger partial charge in [0.1, 0.15) is 5.01 Å². The van der Waals surface area contributed by atoms with Gasteiger partial charge in [-0.25, -0.2) is 18.2 Å². The van der Waals surface area contributed by atoms with Gasteiger partial charge in [-0.3, -0.25) is 0 Å². The van der Waals surface area contributed by atoms with Gasteiger partial charge in [0.05, 0.1) is 13.2 Å². The number of esters is 1. The maximum atomic E-state index is 12.8. The Kier molecular flexibility index (Phi) is 8.78. The van der Waals surface area contributed by atoms with Crippen LogP contribution in [-0.2, 0) is 26.0 Å². The molecule has 0 unspecified atom stereocenters. The van der Waals surface area contributed by atoms with Crippen molar-refractivity contribution in [2.75, 3.05) is 26.9 Å². The lowest BCUT2D eigenvalue weighted by Crippen LogP contribution is -2.30. The highest BCUT2D eigenvalue weighted by Gasteiger charge is 2.22. The Bertz CT molecular complexity index is 879. The summed E-state index contributed by atoms with van der Waals surface area (Å²) in [5.41, 5.74) is 0.984. The van der Waals surface area contributed by atoms with E-state index in [4.69, 9.17) is 9.47 Å². The molecule has 7 nitrogen and oxygen atoms in total. The summed E-state index contributed by atoms with van der Waals surface area (Å²) < 4.78 is 37.0. The third kappa shape index (κ3) is 6.83. The van der Waals surface area contributed by atoms with E-state index in [2.05, 4.69) is 4.98 Å². The number of hydrogen-bond donors (Lipinski definition) is 0. The van der Waals surface area contributed by atoms with Crippen LogP contribution in [0.3, 0.4) is 0 Å². The highest BCUT2D eigenvalue weighted by molar-refractivity contribution is 7.92. The maximum Gasteiger partial charge on any atom is 0.357 e. The minimum absolute atomic E-state index is 0.0786. The predicted molar refractivity (Wildman–Crippen MR) is 109 cm³/mol. The fourth-order valence-corrected chi connectivity index (χ4v) is 4.38. The van der Waals surface area contributed by atoms with Gasteiger partial charge < -0.3 is 9.47 Å². The van der Waals surface area contributed by atoms with Gasteiger partial charge in [-0.1, -0.05) is 30.3 Å². The smallest absolute Gasteiger partial charge is 0.357 e. The summed E-state index contributed by atoms with van der Waals surface area (Å²) in [4.78, 5) is 16.0. The molecule has 0 radical (unpaired) electrons. The van der Waals surface area contributed by atoms with E-state index >= 15 is 0 Å². The summed E-state index contributed by atoms with van der Waals surface area (Å²) in [6.07, 6.45) is 2.11. The molecule has 0 saturated heterocycles. The summed E-state index contributed by atoms with van der Waals surface area (Å²) in [6, 6.07) is 9.21. The van der Waals surface area contributed by atoms with Crippen LogP contribution in [0.5, 0.6) is 0 Å². The number of hydrogen-bond acceptors (Lipinski definition) is 7. The van der Waals surface area contributed by atoms with E-state index in [0.717, 1.165) is 5.56 Å². The Hall–Kier alpha value is -2.07. The van der Waals surface area contributed by atoms with E-state index in [1.807, 2.05) is 30.3 Å². The molecule has 0 fully saturated rings. The molecule has 0 saturated carbocycles. The number of carbonyl (C=O) groups is 1. The molecule has 0 amide bonds. The first kappa shape index (κ1) is 22.2. The normalized spacial score (nSPS) is 12.0. The van der Waals surface area contributed by atoms with Gasteiger partial charge >= 0.3 is 5.97 Å². The molecule has 0 aliphatic rings. The van der Waals surface area contributed by atoms with Crippen molar-refractivity contribution in [1.82, 2.24) is 9.29 Å². The van der Waals surface area contributed by atoms with Crippen molar-refractivity contribution in [3.63, 3.8) is 0 Å². The van der Waals surface area contributed by atoms with Gasteiger partial charge in [-0.2, -0.15) is 4.31 Å². The highest BCUT2D eigenvalue weighted by Crippen LogP contribution is 2.17. The zero-order valence-electron chi connectivity index (χ0n) is 15.9. The van der Waals surface area contributed by atoms with Crippen LogP contribution in [0.15, 0.2) is 41.1 Å². The molecule has 0 aliphatic carbocycles. The standard InChI is InChI=1S/C19H24N2O5S2/c1-3-26-19(22)17-15-27-18(20-17)14-21(11-7-12-25-2)28(23,24)13-10-16-8-5-4-6-9-16/h4-6,8-10,13,15H,3,7,11-12,14H2,1-2H3/b13-10+. The molecule has 0 N–H and O–H groups in total. The Morgan fingerprint density at radius 3 is 2.71 bits per heavy atom. The number of nitrogens with zero attached hydrogens (tertiary/aromatic N) is 2. The number of rotatable bonds is 11. The minimum Gasteiger partial charge on any atom is -0.461 e. The second-order valence-electron chi connectivity index (χ2n) is 5.79. The Morgan fingerprint density at radius 1 is 1.29 bits per heavy atom. The van der Waals surface area contributed by atoms with Crippen LogP contribution in [0.1, 0.15) is 34.4 Å². The topological polar surface area (TPSA) is 85.8 Å². The first-order chi connectivity index (χ1) is 13.5. The molecule has 0 atom stereocenters. The number of thiazole rings is 1. The average molecular weight is 425 g/mol. The lowest BCUT2D eigenvalue weighted by Gasteiger charge is -2.19. The lowest BCUT2D eigenvalue weighted by atomic mass is 10.2. The first-order valence-electron chi connectivity index (χ1n) is 8.80. The average Bonchev–Trinajstić information content (AvgIpc) is 3.16. The maximum absolute atomic E-state index is 12.8. The Morgan fingerprint density at radius 2 is 2.04 bits per heavy atom. The van der Waals surface area contributed by atoms with Crippen molar-refractivity contribution in [2.24, 2.45) is 0 Å². The molecule has 28 heavy (non-hydrogen) atoms. The summed E-state index contributed by atoms with van der Waals surface area (Å²) in [6.45, 7) is 2.78. The summed E-state index contributed by atoms with van der Waals surface area (Å²) in [5, 5.41) is 3.29. The summed E-state index contributed by atoms with van der Waals surface area (Å²) in [7, 11) is -2.10. The predicted octanol–water partition coefficient (Wildman–Crippen LogP) is 3.16. The van der Waals surface area contributed by atoms with E-state index in [0.29, 0.717) is 18.0 Å². The van der Waals surface area contributed by atoms with E-state index < -0.39 is 16.0 Å². The van der Waals surface area contributed by atoms with Crippen LogP contribution in [0.2, 0.25) is 0 Å². The monoisotopic (exact) mass is 424 g/mol. The molecule has 1 heterocycles. The Balaban J connectivity index is 2.16. The molecule has 152 valence electrons. The van der Waals surface area contributed by atoms with Gasteiger partial charge in [0.25, 0.3) is 0 Å². The van der Waals surface area contributed by atoms with Crippen LogP contribution in [-0.4, -0.2) is 50.5 Å². The second-order valence-corrected chi connectivity index (χ2v) is 8.55. The number of carbonyl (C=O) groups excluding carboxylic acids is 1. The highest BCUT2D eigenvalue weighted by atomic mass is 32.2. The Labute approximate surface area is 169 Å². The fraction of sp³-hybridized carbons (Fsp3) is 0.368. The number of benzene rings is 1. The molecule has 2 aromatic rings. The van der Waals surface area contributed by atoms with Gasteiger partial charge in [0.2, 0.25) is 10.0 Å². The largest absolute Gasteiger partial charge is 0.461 e. The molecule has 1 aromatic heterocycles. The molecule has 9 heteroatoms. The summed E-state index contributed by atoms with van der Waals surface area (Å²) >= 11 is 1.23. The van der Waals surface area contributed by atoms with Crippen molar-refractivity contribution < 1.29 is 22.7 Å². The molecule has 0 bridgehead atoms. The second kappa shape index (κ2) is 11.1. The van der Waals surface area contributed by atoms with Gasteiger partial charge in [0, 0.05) is 31.0 Å². The number of sulfonamides is 1. The first-order valence-corrected chi connectivity index (χ1v) is 11.2. The van der Waals surface area contributed by atoms with Crippen molar-refractivity contribution in [3.8, 4) is 0 Å². The molecular formula is C19H24N2O5S2. The van der Waals surface area contributed by atoms with Crippen LogP contribution < -0.4 is 0 Å². The lowest BCUT2D eigenvalue weighted by molar-refractivity contribution is 0.0520. The third-order valence-corrected chi connectivity index (χ3v) is 6.04. The van der Waals surface area contributed by atoms with Gasteiger partial charge in [-0.15, -0.1) is 11.3 Å². The van der Waals surface area contributed by atoms with E-state index in [-0.39, 0.29) is 25.4 Å². The molecule has 0 aliphatic heterocycles. The van der Waals surface area contributed by atoms with Crippen LogP contribution in [0.4, 0.5) is 0 Å². The van der Waals surface area contributed by atoms with Crippen molar-refractivity contribution >= 4 is 33.4 Å². The molecular weight excluding hydrogens is 400 g/mol. The molecule has 2 rings (SSSR count). The van der Waals surface area contributed by atoms with Crippen molar-refractivity contribution in [3.05, 3.63) is 57.4 Å². The van der Waals surface area contributed by atoms with Crippen LogP contribution in [0, 0.1) is 0 Å². The zero-order valence-corrected chi connectivity index (χ0v) is 17.5. The SMILES string of the molecule is CCOC(=O)c1csc(CN(CCCOC)S(=O)(=O)/C=C/c2ccccc2)n1. The van der Waals surface area contributed by atoms with Crippen molar-refractivity contribution in [1.29, 1.82) is 0 Å². The van der Waals surface area contributed by atoms with Crippen LogP contribution in [0.25, 0.3) is 6.08 Å². The van der Waals surface area contributed by atoms with Crippen molar-refractivity contribution in [2.45, 2.75) is 19.9 Å². The minimum atomic E-state index is -3.67. The number of ether oxygens (including phenoxy) is 2.